The van der Waals surface area contributed by atoms with Crippen LogP contribution in [0.3, 0.4) is 0 Å². The van der Waals surface area contributed by atoms with Crippen LogP contribution in [0, 0.1) is 0 Å². The SMILES string of the molecule is CCOC(C)CNC(C)c1ccc(OC)cc1. The molecule has 2 atom stereocenters. The molecule has 3 nitrogen and oxygen atoms in total. The normalized spacial score (nSPS) is 14.4. The van der Waals surface area contributed by atoms with Crippen LogP contribution in [0.4, 0.5) is 0 Å². The van der Waals surface area contributed by atoms with Crippen molar-refractivity contribution in [1.29, 1.82) is 0 Å². The van der Waals surface area contributed by atoms with E-state index in [4.69, 9.17) is 9.47 Å². The standard InChI is InChI=1S/C14H23NO2/c1-5-17-11(2)10-15-12(3)13-6-8-14(16-4)9-7-13/h6-9,11-12,15H,5,10H2,1-4H3. The molecule has 1 rings (SSSR count). The van der Waals surface area contributed by atoms with E-state index in [9.17, 15) is 0 Å². The van der Waals surface area contributed by atoms with Gasteiger partial charge in [0.15, 0.2) is 0 Å². The molecule has 0 saturated carbocycles. The number of nitrogens with one attached hydrogen (secondary N) is 1. The van der Waals surface area contributed by atoms with Gasteiger partial charge in [0.1, 0.15) is 5.75 Å². The van der Waals surface area contributed by atoms with E-state index in [1.807, 2.05) is 19.1 Å². The predicted octanol–water partition coefficient (Wildman–Crippen LogP) is 2.77. The third-order valence-electron chi connectivity index (χ3n) is 2.78. The first-order valence-corrected chi connectivity index (χ1v) is 6.16. The molecule has 17 heavy (non-hydrogen) atoms. The molecule has 0 aromatic heterocycles. The van der Waals surface area contributed by atoms with Crippen molar-refractivity contribution in [3.05, 3.63) is 29.8 Å². The summed E-state index contributed by atoms with van der Waals surface area (Å²) >= 11 is 0. The molecule has 3 heteroatoms. The van der Waals surface area contributed by atoms with Gasteiger partial charge in [-0.2, -0.15) is 0 Å². The molecule has 0 fully saturated rings. The molecule has 0 bridgehead atoms. The number of benzene rings is 1. The van der Waals surface area contributed by atoms with Crippen molar-refractivity contribution in [3.8, 4) is 5.75 Å². The van der Waals surface area contributed by atoms with E-state index in [1.165, 1.54) is 5.56 Å². The number of hydrogen-bond acceptors (Lipinski definition) is 3. The van der Waals surface area contributed by atoms with Gasteiger partial charge in [0, 0.05) is 19.2 Å². The molecule has 0 spiro atoms. The molecule has 0 amide bonds. The lowest BCUT2D eigenvalue weighted by molar-refractivity contribution is 0.0743. The van der Waals surface area contributed by atoms with E-state index in [2.05, 4.69) is 31.3 Å². The van der Waals surface area contributed by atoms with Gasteiger partial charge >= 0.3 is 0 Å². The average molecular weight is 237 g/mol. The Bertz CT molecular complexity index is 311. The molecule has 0 saturated heterocycles. The quantitative estimate of drug-likeness (QED) is 0.791. The van der Waals surface area contributed by atoms with Gasteiger partial charge in [-0.15, -0.1) is 0 Å². The third kappa shape index (κ3) is 4.75. The predicted molar refractivity (Wildman–Crippen MR) is 70.5 cm³/mol. The Hall–Kier alpha value is -1.06. The first-order valence-electron chi connectivity index (χ1n) is 6.16. The average Bonchev–Trinajstić information content (AvgIpc) is 2.36. The molecule has 0 aliphatic carbocycles. The first-order chi connectivity index (χ1) is 8.17. The van der Waals surface area contributed by atoms with Gasteiger partial charge in [0.05, 0.1) is 13.2 Å². The van der Waals surface area contributed by atoms with E-state index in [-0.39, 0.29) is 6.10 Å². The summed E-state index contributed by atoms with van der Waals surface area (Å²) in [5.74, 6) is 0.892. The Morgan fingerprint density at radius 1 is 1.18 bits per heavy atom. The topological polar surface area (TPSA) is 30.5 Å². The fraction of sp³-hybridized carbons (Fsp3) is 0.571. The molecule has 1 N–H and O–H groups in total. The van der Waals surface area contributed by atoms with Crippen LogP contribution in [0.15, 0.2) is 24.3 Å². The van der Waals surface area contributed by atoms with Crippen LogP contribution in [0.25, 0.3) is 0 Å². The van der Waals surface area contributed by atoms with Crippen molar-refractivity contribution < 1.29 is 9.47 Å². The number of ether oxygens (including phenoxy) is 2. The lowest BCUT2D eigenvalue weighted by Gasteiger charge is -2.18. The van der Waals surface area contributed by atoms with Crippen molar-refractivity contribution in [1.82, 2.24) is 5.32 Å². The Morgan fingerprint density at radius 3 is 2.35 bits per heavy atom. The van der Waals surface area contributed by atoms with Crippen LogP contribution in [0.1, 0.15) is 32.4 Å². The van der Waals surface area contributed by atoms with Crippen LogP contribution in [-0.4, -0.2) is 26.4 Å². The molecule has 0 aliphatic heterocycles. The zero-order chi connectivity index (χ0) is 12.7. The molecule has 0 radical (unpaired) electrons. The second kappa shape index (κ2) is 7.30. The van der Waals surface area contributed by atoms with E-state index >= 15 is 0 Å². The van der Waals surface area contributed by atoms with Crippen molar-refractivity contribution >= 4 is 0 Å². The highest BCUT2D eigenvalue weighted by molar-refractivity contribution is 5.28. The summed E-state index contributed by atoms with van der Waals surface area (Å²) in [5, 5.41) is 3.46. The van der Waals surface area contributed by atoms with Crippen molar-refractivity contribution in [3.63, 3.8) is 0 Å². The second-order valence-electron chi connectivity index (χ2n) is 4.17. The molecule has 0 aliphatic rings. The van der Waals surface area contributed by atoms with Gasteiger partial charge in [-0.3, -0.25) is 0 Å². The summed E-state index contributed by atoms with van der Waals surface area (Å²) in [7, 11) is 1.68. The van der Waals surface area contributed by atoms with Crippen molar-refractivity contribution in [2.24, 2.45) is 0 Å². The molecule has 1 aromatic carbocycles. The van der Waals surface area contributed by atoms with Gasteiger partial charge in [-0.05, 0) is 38.5 Å². The Morgan fingerprint density at radius 2 is 1.82 bits per heavy atom. The summed E-state index contributed by atoms with van der Waals surface area (Å²) in [6, 6.07) is 8.46. The zero-order valence-corrected chi connectivity index (χ0v) is 11.2. The van der Waals surface area contributed by atoms with Gasteiger partial charge in [-0.1, -0.05) is 12.1 Å². The van der Waals surface area contributed by atoms with Crippen LogP contribution >= 0.6 is 0 Å². The van der Waals surface area contributed by atoms with E-state index in [0.717, 1.165) is 18.9 Å². The third-order valence-corrected chi connectivity index (χ3v) is 2.78. The largest absolute Gasteiger partial charge is 0.497 e. The highest BCUT2D eigenvalue weighted by Gasteiger charge is 2.07. The Labute approximate surface area is 104 Å². The molecule has 1 aromatic rings. The highest BCUT2D eigenvalue weighted by atomic mass is 16.5. The van der Waals surface area contributed by atoms with Gasteiger partial charge < -0.3 is 14.8 Å². The summed E-state index contributed by atoms with van der Waals surface area (Å²) in [6.07, 6.45) is 0.251. The van der Waals surface area contributed by atoms with Gasteiger partial charge in [0.25, 0.3) is 0 Å². The minimum Gasteiger partial charge on any atom is -0.497 e. The molecule has 0 heterocycles. The number of rotatable bonds is 7. The van der Waals surface area contributed by atoms with Crippen LogP contribution < -0.4 is 10.1 Å². The Balaban J connectivity index is 2.43. The van der Waals surface area contributed by atoms with Crippen molar-refractivity contribution in [2.45, 2.75) is 32.9 Å². The summed E-state index contributed by atoms with van der Waals surface area (Å²) < 4.78 is 10.6. The lowest BCUT2D eigenvalue weighted by atomic mass is 10.1. The molecule has 96 valence electrons. The van der Waals surface area contributed by atoms with Crippen molar-refractivity contribution in [2.75, 3.05) is 20.3 Å². The fourth-order valence-electron chi connectivity index (χ4n) is 1.70. The number of methoxy groups -OCH3 is 1. The molecular weight excluding hydrogens is 214 g/mol. The summed E-state index contributed by atoms with van der Waals surface area (Å²) in [4.78, 5) is 0. The van der Waals surface area contributed by atoms with Gasteiger partial charge in [-0.25, -0.2) is 0 Å². The van der Waals surface area contributed by atoms with Crippen LogP contribution in [-0.2, 0) is 4.74 Å². The Kier molecular flexibility index (Phi) is 6.01. The minimum atomic E-state index is 0.251. The van der Waals surface area contributed by atoms with E-state index in [0.29, 0.717) is 6.04 Å². The van der Waals surface area contributed by atoms with E-state index in [1.54, 1.807) is 7.11 Å². The molecular formula is C14H23NO2. The molecule has 2 unspecified atom stereocenters. The summed E-state index contributed by atoms with van der Waals surface area (Å²) in [6.45, 7) is 7.88. The first kappa shape index (κ1) is 14.0. The highest BCUT2D eigenvalue weighted by Crippen LogP contribution is 2.17. The maximum absolute atomic E-state index is 5.48. The second-order valence-corrected chi connectivity index (χ2v) is 4.17. The zero-order valence-electron chi connectivity index (χ0n) is 11.2. The maximum atomic E-state index is 5.48. The van der Waals surface area contributed by atoms with E-state index < -0.39 is 0 Å². The minimum absolute atomic E-state index is 0.251. The van der Waals surface area contributed by atoms with Crippen LogP contribution in [0.2, 0.25) is 0 Å². The van der Waals surface area contributed by atoms with Gasteiger partial charge in [0.2, 0.25) is 0 Å². The lowest BCUT2D eigenvalue weighted by Crippen LogP contribution is -2.29. The fourth-order valence-corrected chi connectivity index (χ4v) is 1.70. The summed E-state index contributed by atoms with van der Waals surface area (Å²) in [5.41, 5.74) is 1.26. The monoisotopic (exact) mass is 237 g/mol. The maximum Gasteiger partial charge on any atom is 0.118 e. The van der Waals surface area contributed by atoms with Crippen LogP contribution in [0.5, 0.6) is 5.75 Å². The smallest absolute Gasteiger partial charge is 0.118 e. The number of hydrogen-bond donors (Lipinski definition) is 1.